The van der Waals surface area contributed by atoms with Crippen molar-refractivity contribution in [2.24, 2.45) is 0 Å². The van der Waals surface area contributed by atoms with E-state index in [0.717, 1.165) is 11.1 Å². The number of amides is 1. The molecule has 1 rings (SSSR count). The molecule has 5 heteroatoms. The van der Waals surface area contributed by atoms with Crippen molar-refractivity contribution in [2.45, 2.75) is 26.7 Å². The van der Waals surface area contributed by atoms with Crippen LogP contribution in [-0.2, 0) is 14.3 Å². The van der Waals surface area contributed by atoms with Crippen LogP contribution in [0.1, 0.15) is 30.9 Å². The van der Waals surface area contributed by atoms with Gasteiger partial charge in [0.1, 0.15) is 5.75 Å². The molecule has 0 unspecified atom stereocenters. The third-order valence-corrected chi connectivity index (χ3v) is 2.87. The minimum absolute atomic E-state index is 0.209. The molecule has 20 heavy (non-hydrogen) atoms. The number of carbonyl (C=O) groups is 2. The van der Waals surface area contributed by atoms with Crippen LogP contribution in [0.25, 0.3) is 0 Å². The normalized spacial score (nSPS) is 10.2. The van der Waals surface area contributed by atoms with Crippen molar-refractivity contribution in [1.29, 1.82) is 0 Å². The van der Waals surface area contributed by atoms with Gasteiger partial charge in [0.25, 0.3) is 5.91 Å². The van der Waals surface area contributed by atoms with E-state index in [0.29, 0.717) is 11.7 Å². The van der Waals surface area contributed by atoms with Crippen molar-refractivity contribution in [2.75, 3.05) is 20.3 Å². The highest BCUT2D eigenvalue weighted by atomic mass is 16.6. The molecule has 0 radical (unpaired) electrons. The van der Waals surface area contributed by atoms with Crippen LogP contribution in [0.4, 0.5) is 0 Å². The van der Waals surface area contributed by atoms with Gasteiger partial charge in [-0.05, 0) is 30.0 Å². The lowest BCUT2D eigenvalue weighted by atomic mass is 10.0. The van der Waals surface area contributed by atoms with Crippen molar-refractivity contribution < 1.29 is 19.1 Å². The van der Waals surface area contributed by atoms with Crippen molar-refractivity contribution in [3.8, 4) is 5.75 Å². The molecule has 0 saturated carbocycles. The van der Waals surface area contributed by atoms with Gasteiger partial charge in [-0.25, -0.2) is 4.79 Å². The number of aryl methyl sites for hydroxylation is 1. The highest BCUT2D eigenvalue weighted by molar-refractivity contribution is 5.80. The molecule has 1 N–H and O–H groups in total. The molecular formula is C15H21NO4. The van der Waals surface area contributed by atoms with Crippen LogP contribution in [0.5, 0.6) is 5.75 Å². The van der Waals surface area contributed by atoms with Crippen molar-refractivity contribution in [3.63, 3.8) is 0 Å². The summed E-state index contributed by atoms with van der Waals surface area (Å²) in [5.74, 6) is 0.130. The number of benzene rings is 1. The number of rotatable bonds is 6. The maximum absolute atomic E-state index is 11.4. The number of hydrogen-bond acceptors (Lipinski definition) is 4. The summed E-state index contributed by atoms with van der Waals surface area (Å²) in [6.07, 6.45) is 0. The highest BCUT2D eigenvalue weighted by Gasteiger charge is 2.09. The standard InChI is InChI=1S/C15H21NO4/c1-10(2)12-6-5-11(3)13(7-12)19-9-15(18)20-8-14(17)16-4/h5-7,10H,8-9H2,1-4H3,(H,16,17). The lowest BCUT2D eigenvalue weighted by Gasteiger charge is -2.12. The minimum Gasteiger partial charge on any atom is -0.482 e. The quantitative estimate of drug-likeness (QED) is 0.806. The van der Waals surface area contributed by atoms with Crippen LogP contribution in [0.15, 0.2) is 18.2 Å². The van der Waals surface area contributed by atoms with Gasteiger partial charge in [-0.15, -0.1) is 0 Å². The Morgan fingerprint density at radius 2 is 1.95 bits per heavy atom. The van der Waals surface area contributed by atoms with E-state index in [2.05, 4.69) is 19.2 Å². The van der Waals surface area contributed by atoms with Crippen LogP contribution in [-0.4, -0.2) is 32.1 Å². The summed E-state index contributed by atoms with van der Waals surface area (Å²) in [6.45, 7) is 5.59. The number of nitrogens with one attached hydrogen (secondary N) is 1. The van der Waals surface area contributed by atoms with Crippen molar-refractivity contribution in [1.82, 2.24) is 5.32 Å². The molecule has 1 aromatic carbocycles. The average molecular weight is 279 g/mol. The fourth-order valence-corrected chi connectivity index (χ4v) is 1.53. The van der Waals surface area contributed by atoms with Crippen LogP contribution in [0.2, 0.25) is 0 Å². The molecule has 0 bridgehead atoms. The molecule has 0 heterocycles. The molecule has 0 saturated heterocycles. The van der Waals surface area contributed by atoms with Gasteiger partial charge in [0.2, 0.25) is 0 Å². The number of carbonyl (C=O) groups excluding carboxylic acids is 2. The Kier molecular flexibility index (Phi) is 6.03. The molecule has 0 fully saturated rings. The topological polar surface area (TPSA) is 64.6 Å². The third-order valence-electron chi connectivity index (χ3n) is 2.87. The van der Waals surface area contributed by atoms with Gasteiger partial charge in [0.05, 0.1) is 0 Å². The van der Waals surface area contributed by atoms with E-state index in [1.54, 1.807) is 0 Å². The molecule has 0 aromatic heterocycles. The van der Waals surface area contributed by atoms with Gasteiger partial charge in [0, 0.05) is 7.05 Å². The number of hydrogen-bond donors (Lipinski definition) is 1. The zero-order valence-electron chi connectivity index (χ0n) is 12.4. The Morgan fingerprint density at radius 1 is 1.25 bits per heavy atom. The lowest BCUT2D eigenvalue weighted by molar-refractivity contribution is -0.150. The molecule has 1 aromatic rings. The summed E-state index contributed by atoms with van der Waals surface area (Å²) in [5, 5.41) is 2.37. The Bertz CT molecular complexity index is 483. The maximum atomic E-state index is 11.4. The van der Waals surface area contributed by atoms with Crippen LogP contribution >= 0.6 is 0 Å². The van der Waals surface area contributed by atoms with Crippen LogP contribution in [0, 0.1) is 6.92 Å². The first-order valence-corrected chi connectivity index (χ1v) is 6.53. The zero-order chi connectivity index (χ0) is 15.1. The second-order valence-electron chi connectivity index (χ2n) is 4.80. The molecule has 5 nitrogen and oxygen atoms in total. The van der Waals surface area contributed by atoms with Gasteiger partial charge in [0.15, 0.2) is 13.2 Å². The Hall–Kier alpha value is -2.04. The zero-order valence-corrected chi connectivity index (χ0v) is 12.4. The van der Waals surface area contributed by atoms with Gasteiger partial charge in [-0.3, -0.25) is 4.79 Å². The monoisotopic (exact) mass is 279 g/mol. The van der Waals surface area contributed by atoms with E-state index < -0.39 is 5.97 Å². The van der Waals surface area contributed by atoms with E-state index in [1.807, 2.05) is 25.1 Å². The fraction of sp³-hybridized carbons (Fsp3) is 0.467. The summed E-state index contributed by atoms with van der Waals surface area (Å²) in [5.41, 5.74) is 2.10. The van der Waals surface area contributed by atoms with E-state index in [4.69, 9.17) is 9.47 Å². The van der Waals surface area contributed by atoms with Crippen LogP contribution < -0.4 is 10.1 Å². The minimum atomic E-state index is -0.567. The first-order valence-electron chi connectivity index (χ1n) is 6.53. The summed E-state index contributed by atoms with van der Waals surface area (Å²) in [4.78, 5) is 22.4. The van der Waals surface area contributed by atoms with Crippen molar-refractivity contribution >= 4 is 11.9 Å². The predicted molar refractivity (Wildman–Crippen MR) is 75.8 cm³/mol. The number of ether oxygens (including phenoxy) is 2. The summed E-state index contributed by atoms with van der Waals surface area (Å²) in [6, 6.07) is 5.92. The lowest BCUT2D eigenvalue weighted by Crippen LogP contribution is -2.26. The SMILES string of the molecule is CNC(=O)COC(=O)COc1cc(C(C)C)ccc1C. The highest BCUT2D eigenvalue weighted by Crippen LogP contribution is 2.24. The smallest absolute Gasteiger partial charge is 0.344 e. The number of esters is 1. The largest absolute Gasteiger partial charge is 0.482 e. The molecule has 0 aliphatic heterocycles. The molecule has 1 amide bonds. The third kappa shape index (κ3) is 4.91. The Labute approximate surface area is 119 Å². The van der Waals surface area contributed by atoms with E-state index in [9.17, 15) is 9.59 Å². The number of likely N-dealkylation sites (N-methyl/N-ethyl adjacent to an activating group) is 1. The van der Waals surface area contributed by atoms with E-state index >= 15 is 0 Å². The first-order chi connectivity index (χ1) is 9.43. The van der Waals surface area contributed by atoms with Crippen molar-refractivity contribution in [3.05, 3.63) is 29.3 Å². The fourth-order valence-electron chi connectivity index (χ4n) is 1.53. The van der Waals surface area contributed by atoms with Gasteiger partial charge in [-0.1, -0.05) is 26.0 Å². The summed E-state index contributed by atoms with van der Waals surface area (Å²) in [7, 11) is 1.48. The van der Waals surface area contributed by atoms with Gasteiger partial charge >= 0.3 is 5.97 Å². The van der Waals surface area contributed by atoms with E-state index in [1.165, 1.54) is 7.05 Å². The predicted octanol–water partition coefficient (Wildman–Crippen LogP) is 1.79. The average Bonchev–Trinajstić information content (AvgIpc) is 2.43. The summed E-state index contributed by atoms with van der Waals surface area (Å²) >= 11 is 0. The molecule has 0 atom stereocenters. The maximum Gasteiger partial charge on any atom is 0.344 e. The first kappa shape index (κ1) is 16.0. The Balaban J connectivity index is 2.54. The second kappa shape index (κ2) is 7.53. The molecule has 0 aliphatic rings. The molecule has 0 aliphatic carbocycles. The van der Waals surface area contributed by atoms with Crippen LogP contribution in [0.3, 0.4) is 0 Å². The molecular weight excluding hydrogens is 258 g/mol. The molecule has 0 spiro atoms. The van der Waals surface area contributed by atoms with Gasteiger partial charge in [-0.2, -0.15) is 0 Å². The molecule has 110 valence electrons. The second-order valence-corrected chi connectivity index (χ2v) is 4.80. The summed E-state index contributed by atoms with van der Waals surface area (Å²) < 4.78 is 10.2. The van der Waals surface area contributed by atoms with E-state index in [-0.39, 0.29) is 19.1 Å². The van der Waals surface area contributed by atoms with Gasteiger partial charge < -0.3 is 14.8 Å². The Morgan fingerprint density at radius 3 is 2.55 bits per heavy atom.